The smallest absolute Gasteiger partial charge is 0.340 e. The van der Waals surface area contributed by atoms with Crippen LogP contribution in [-0.2, 0) is 11.2 Å². The summed E-state index contributed by atoms with van der Waals surface area (Å²) in [5, 5.41) is 0. The monoisotopic (exact) mass is 300 g/mol. The van der Waals surface area contributed by atoms with Crippen molar-refractivity contribution in [1.82, 2.24) is 4.57 Å². The van der Waals surface area contributed by atoms with Crippen molar-refractivity contribution < 1.29 is 9.53 Å². The second-order valence-corrected chi connectivity index (χ2v) is 5.60. The van der Waals surface area contributed by atoms with Crippen molar-refractivity contribution in [2.45, 2.75) is 40.2 Å². The van der Waals surface area contributed by atoms with Crippen LogP contribution in [0.15, 0.2) is 30.3 Å². The first-order chi connectivity index (χ1) is 10.5. The van der Waals surface area contributed by atoms with Gasteiger partial charge >= 0.3 is 5.97 Å². The maximum atomic E-state index is 12.4. The summed E-state index contributed by atoms with van der Waals surface area (Å²) < 4.78 is 7.34. The van der Waals surface area contributed by atoms with Gasteiger partial charge in [0.25, 0.3) is 0 Å². The van der Waals surface area contributed by atoms with Crippen molar-refractivity contribution >= 4 is 5.97 Å². The average Bonchev–Trinajstić information content (AvgIpc) is 2.71. The molecular weight excluding hydrogens is 276 g/mol. The van der Waals surface area contributed by atoms with E-state index in [2.05, 4.69) is 4.57 Å². The first kappa shape index (κ1) is 16.3. The van der Waals surface area contributed by atoms with E-state index >= 15 is 0 Å². The molecule has 0 aliphatic rings. The molecule has 2 aromatic rings. The van der Waals surface area contributed by atoms with E-state index in [1.807, 2.05) is 58.0 Å². The summed E-state index contributed by atoms with van der Waals surface area (Å²) in [6.45, 7) is 8.12. The predicted molar refractivity (Wildman–Crippen MR) is 88.6 cm³/mol. The molecular formula is C18H24N2O2. The van der Waals surface area contributed by atoms with E-state index in [1.165, 1.54) is 0 Å². The van der Waals surface area contributed by atoms with Gasteiger partial charge in [0.2, 0.25) is 0 Å². The Bertz CT molecular complexity index is 657. The molecule has 0 saturated carbocycles. The standard InChI is InChI=1S/C18H24N2O2/c1-5-22-18(21)17-14(4)20(15-9-7-6-8-10-15)13(3)16(17)11-12(2)19/h6-10,12H,5,11,19H2,1-4H3. The van der Waals surface area contributed by atoms with Crippen molar-refractivity contribution in [1.29, 1.82) is 0 Å². The van der Waals surface area contributed by atoms with Crippen molar-refractivity contribution in [3.05, 3.63) is 52.8 Å². The molecule has 2 rings (SSSR count). The third kappa shape index (κ3) is 3.07. The number of ether oxygens (including phenoxy) is 1. The number of hydrogen-bond donors (Lipinski definition) is 1. The maximum Gasteiger partial charge on any atom is 0.340 e. The molecule has 1 heterocycles. The molecule has 0 spiro atoms. The number of carbonyl (C=O) groups excluding carboxylic acids is 1. The molecule has 0 aliphatic heterocycles. The van der Waals surface area contributed by atoms with Crippen molar-refractivity contribution in [2.75, 3.05) is 6.61 Å². The molecule has 0 bridgehead atoms. The van der Waals surface area contributed by atoms with Crippen LogP contribution in [-0.4, -0.2) is 23.2 Å². The van der Waals surface area contributed by atoms with Crippen LogP contribution in [0.1, 0.15) is 41.2 Å². The van der Waals surface area contributed by atoms with Crippen LogP contribution in [0.3, 0.4) is 0 Å². The number of rotatable bonds is 5. The van der Waals surface area contributed by atoms with Crippen LogP contribution in [0, 0.1) is 13.8 Å². The molecule has 0 aliphatic carbocycles. The lowest BCUT2D eigenvalue weighted by molar-refractivity contribution is 0.0524. The van der Waals surface area contributed by atoms with E-state index < -0.39 is 0 Å². The van der Waals surface area contributed by atoms with E-state index in [0.717, 1.165) is 22.6 Å². The van der Waals surface area contributed by atoms with Crippen LogP contribution in [0.25, 0.3) is 5.69 Å². The normalized spacial score (nSPS) is 12.2. The summed E-state index contributed by atoms with van der Waals surface area (Å²) in [4.78, 5) is 12.4. The molecule has 1 aromatic heterocycles. The van der Waals surface area contributed by atoms with Gasteiger partial charge in [-0.05, 0) is 51.8 Å². The minimum atomic E-state index is -0.270. The van der Waals surface area contributed by atoms with Crippen LogP contribution in [0.4, 0.5) is 0 Å². The number of esters is 1. The average molecular weight is 300 g/mol. The van der Waals surface area contributed by atoms with Crippen molar-refractivity contribution in [3.8, 4) is 5.69 Å². The van der Waals surface area contributed by atoms with Gasteiger partial charge < -0.3 is 15.0 Å². The largest absolute Gasteiger partial charge is 0.462 e. The van der Waals surface area contributed by atoms with Crippen molar-refractivity contribution in [3.63, 3.8) is 0 Å². The second kappa shape index (κ2) is 6.79. The van der Waals surface area contributed by atoms with Gasteiger partial charge in [-0.3, -0.25) is 0 Å². The molecule has 0 fully saturated rings. The first-order valence-corrected chi connectivity index (χ1v) is 7.66. The Kier molecular flexibility index (Phi) is 5.03. The van der Waals surface area contributed by atoms with Crippen molar-refractivity contribution in [2.24, 2.45) is 5.73 Å². The summed E-state index contributed by atoms with van der Waals surface area (Å²) in [7, 11) is 0. The SMILES string of the molecule is CCOC(=O)c1c(CC(C)N)c(C)n(-c2ccccc2)c1C. The Morgan fingerprint density at radius 3 is 2.41 bits per heavy atom. The molecule has 2 N–H and O–H groups in total. The van der Waals surface area contributed by atoms with E-state index in [9.17, 15) is 4.79 Å². The van der Waals surface area contributed by atoms with E-state index in [1.54, 1.807) is 0 Å². The summed E-state index contributed by atoms with van der Waals surface area (Å²) in [5.74, 6) is -0.270. The summed E-state index contributed by atoms with van der Waals surface area (Å²) in [5.41, 5.74) is 10.6. The highest BCUT2D eigenvalue weighted by Crippen LogP contribution is 2.28. The minimum absolute atomic E-state index is 0.0158. The number of para-hydroxylation sites is 1. The second-order valence-electron chi connectivity index (χ2n) is 5.60. The zero-order chi connectivity index (χ0) is 16.3. The lowest BCUT2D eigenvalue weighted by Gasteiger charge is -2.10. The van der Waals surface area contributed by atoms with E-state index in [-0.39, 0.29) is 12.0 Å². The summed E-state index contributed by atoms with van der Waals surface area (Å²) >= 11 is 0. The highest BCUT2D eigenvalue weighted by atomic mass is 16.5. The van der Waals surface area contributed by atoms with Gasteiger partial charge in [-0.1, -0.05) is 18.2 Å². The highest BCUT2D eigenvalue weighted by Gasteiger charge is 2.25. The number of nitrogens with two attached hydrogens (primary N) is 1. The van der Waals surface area contributed by atoms with E-state index in [0.29, 0.717) is 18.6 Å². The summed E-state index contributed by atoms with van der Waals surface area (Å²) in [6.07, 6.45) is 0.653. The molecule has 0 radical (unpaired) electrons. The molecule has 1 aromatic carbocycles. The lowest BCUT2D eigenvalue weighted by Crippen LogP contribution is -2.20. The first-order valence-electron chi connectivity index (χ1n) is 7.66. The van der Waals surface area contributed by atoms with Gasteiger partial charge in [0.1, 0.15) is 0 Å². The number of hydrogen-bond acceptors (Lipinski definition) is 3. The van der Waals surface area contributed by atoms with Crippen LogP contribution in [0.5, 0.6) is 0 Å². The number of carbonyl (C=O) groups is 1. The van der Waals surface area contributed by atoms with Crippen LogP contribution >= 0.6 is 0 Å². The Morgan fingerprint density at radius 2 is 1.86 bits per heavy atom. The summed E-state index contributed by atoms with van der Waals surface area (Å²) in [6, 6.07) is 10.0. The quantitative estimate of drug-likeness (QED) is 0.863. The lowest BCUT2D eigenvalue weighted by atomic mass is 10.0. The fraction of sp³-hybridized carbons (Fsp3) is 0.389. The van der Waals surface area contributed by atoms with Gasteiger partial charge in [0.05, 0.1) is 12.2 Å². The zero-order valence-electron chi connectivity index (χ0n) is 13.7. The van der Waals surface area contributed by atoms with E-state index in [4.69, 9.17) is 10.5 Å². The molecule has 0 saturated heterocycles. The highest BCUT2D eigenvalue weighted by molar-refractivity contribution is 5.93. The Labute approximate surface area is 131 Å². The van der Waals surface area contributed by atoms with Gasteiger partial charge in [-0.25, -0.2) is 4.79 Å². The zero-order valence-corrected chi connectivity index (χ0v) is 13.7. The van der Waals surface area contributed by atoms with Gasteiger partial charge in [-0.2, -0.15) is 0 Å². The maximum absolute atomic E-state index is 12.4. The van der Waals surface area contributed by atoms with Crippen LogP contribution in [0.2, 0.25) is 0 Å². The van der Waals surface area contributed by atoms with Gasteiger partial charge in [0.15, 0.2) is 0 Å². The fourth-order valence-corrected chi connectivity index (χ4v) is 2.91. The third-order valence-electron chi connectivity index (χ3n) is 3.79. The Hall–Kier alpha value is -2.07. The van der Waals surface area contributed by atoms with Gasteiger partial charge in [-0.15, -0.1) is 0 Å². The molecule has 4 nitrogen and oxygen atoms in total. The third-order valence-corrected chi connectivity index (χ3v) is 3.79. The Morgan fingerprint density at radius 1 is 1.23 bits per heavy atom. The molecule has 1 unspecified atom stereocenters. The molecule has 118 valence electrons. The minimum Gasteiger partial charge on any atom is -0.462 e. The molecule has 22 heavy (non-hydrogen) atoms. The van der Waals surface area contributed by atoms with Crippen LogP contribution < -0.4 is 5.73 Å². The Balaban J connectivity index is 2.64. The number of benzene rings is 1. The van der Waals surface area contributed by atoms with Gasteiger partial charge in [0, 0.05) is 23.1 Å². The molecule has 0 amide bonds. The molecule has 1 atom stereocenters. The molecule has 4 heteroatoms. The predicted octanol–water partition coefficient (Wildman–Crippen LogP) is 3.16. The number of nitrogens with zero attached hydrogens (tertiary/aromatic N) is 1. The fourth-order valence-electron chi connectivity index (χ4n) is 2.91. The number of aromatic nitrogens is 1. The topological polar surface area (TPSA) is 57.2 Å².